The molecule has 11 heteroatoms. The molecule has 0 saturated carbocycles. The first kappa shape index (κ1) is 22.0. The SMILES string of the molecule is C[C@@H](C(=O)Nc1ccc(Cl)c(C(F)(F)F)c1)N(c1cccc(F)c1)S(C)(=O)=O. The average molecular weight is 439 g/mol. The summed E-state index contributed by atoms with van der Waals surface area (Å²) < 4.78 is 77.3. The number of alkyl halides is 3. The van der Waals surface area contributed by atoms with Gasteiger partial charge in [-0.1, -0.05) is 17.7 Å². The van der Waals surface area contributed by atoms with E-state index in [1.807, 2.05) is 0 Å². The predicted octanol–water partition coefficient (Wildman–Crippen LogP) is 4.29. The minimum Gasteiger partial charge on any atom is -0.324 e. The molecule has 5 nitrogen and oxygen atoms in total. The molecule has 0 heterocycles. The van der Waals surface area contributed by atoms with Gasteiger partial charge in [0.05, 0.1) is 22.5 Å². The van der Waals surface area contributed by atoms with Crippen molar-refractivity contribution in [2.75, 3.05) is 15.9 Å². The Labute approximate surface area is 164 Å². The lowest BCUT2D eigenvalue weighted by molar-refractivity contribution is -0.137. The summed E-state index contributed by atoms with van der Waals surface area (Å²) in [5.74, 6) is -1.63. The Morgan fingerprint density at radius 1 is 1.18 bits per heavy atom. The number of carbonyl (C=O) groups excluding carboxylic acids is 1. The highest BCUT2D eigenvalue weighted by molar-refractivity contribution is 7.92. The van der Waals surface area contributed by atoms with Crippen molar-refractivity contribution in [2.24, 2.45) is 0 Å². The zero-order valence-corrected chi connectivity index (χ0v) is 16.2. The monoisotopic (exact) mass is 438 g/mol. The third-order valence-corrected chi connectivity index (χ3v) is 5.26. The maximum Gasteiger partial charge on any atom is 0.417 e. The third kappa shape index (κ3) is 5.14. The van der Waals surface area contributed by atoms with Gasteiger partial charge in [-0.2, -0.15) is 13.2 Å². The van der Waals surface area contributed by atoms with E-state index in [0.29, 0.717) is 10.4 Å². The summed E-state index contributed by atoms with van der Waals surface area (Å²) in [5, 5.41) is 1.68. The summed E-state index contributed by atoms with van der Waals surface area (Å²) in [6.07, 6.45) is -3.91. The minimum absolute atomic E-state index is 0.0998. The van der Waals surface area contributed by atoms with E-state index in [1.165, 1.54) is 19.1 Å². The lowest BCUT2D eigenvalue weighted by Crippen LogP contribution is -2.45. The number of hydrogen-bond acceptors (Lipinski definition) is 3. The Morgan fingerprint density at radius 2 is 1.82 bits per heavy atom. The molecule has 0 aliphatic carbocycles. The molecule has 0 aromatic heterocycles. The Bertz CT molecular complexity index is 996. The first-order valence-corrected chi connectivity index (χ1v) is 9.96. The van der Waals surface area contributed by atoms with Gasteiger partial charge in [0, 0.05) is 5.69 Å². The van der Waals surface area contributed by atoms with Crippen LogP contribution in [0.2, 0.25) is 5.02 Å². The zero-order chi connectivity index (χ0) is 21.3. The number of amides is 1. The Hall–Kier alpha value is -2.33. The summed E-state index contributed by atoms with van der Waals surface area (Å²) in [4.78, 5) is 12.5. The van der Waals surface area contributed by atoms with Gasteiger partial charge in [-0.3, -0.25) is 9.10 Å². The van der Waals surface area contributed by atoms with E-state index < -0.39 is 44.6 Å². The van der Waals surface area contributed by atoms with Crippen molar-refractivity contribution in [3.8, 4) is 0 Å². The molecule has 2 rings (SSSR count). The fourth-order valence-corrected chi connectivity index (χ4v) is 3.88. The van der Waals surface area contributed by atoms with E-state index >= 15 is 0 Å². The van der Waals surface area contributed by atoms with E-state index in [9.17, 15) is 30.8 Å². The van der Waals surface area contributed by atoms with Gasteiger partial charge < -0.3 is 5.32 Å². The first-order valence-electron chi connectivity index (χ1n) is 7.73. The Kier molecular flexibility index (Phi) is 6.24. The molecule has 2 aromatic carbocycles. The molecule has 0 aliphatic heterocycles. The number of hydrogen-bond donors (Lipinski definition) is 1. The highest BCUT2D eigenvalue weighted by Gasteiger charge is 2.34. The molecular weight excluding hydrogens is 424 g/mol. The molecule has 0 aliphatic rings. The molecule has 2 aromatic rings. The molecule has 1 N–H and O–H groups in total. The summed E-state index contributed by atoms with van der Waals surface area (Å²) >= 11 is 5.53. The number of nitrogens with zero attached hydrogens (tertiary/aromatic N) is 1. The number of nitrogens with one attached hydrogen (secondary N) is 1. The molecule has 152 valence electrons. The van der Waals surface area contributed by atoms with Gasteiger partial charge in [0.25, 0.3) is 0 Å². The Balaban J connectivity index is 2.34. The van der Waals surface area contributed by atoms with Gasteiger partial charge in [0.1, 0.15) is 11.9 Å². The first-order chi connectivity index (χ1) is 12.8. The topological polar surface area (TPSA) is 66.5 Å². The van der Waals surface area contributed by atoms with Crippen molar-refractivity contribution in [1.29, 1.82) is 0 Å². The van der Waals surface area contributed by atoms with Gasteiger partial charge in [-0.25, -0.2) is 12.8 Å². The van der Waals surface area contributed by atoms with E-state index in [1.54, 1.807) is 0 Å². The highest BCUT2D eigenvalue weighted by atomic mass is 35.5. The van der Waals surface area contributed by atoms with Crippen LogP contribution >= 0.6 is 11.6 Å². The van der Waals surface area contributed by atoms with E-state index in [2.05, 4.69) is 5.32 Å². The smallest absolute Gasteiger partial charge is 0.324 e. The van der Waals surface area contributed by atoms with Crippen molar-refractivity contribution in [3.05, 3.63) is 58.9 Å². The van der Waals surface area contributed by atoms with Crippen molar-refractivity contribution >= 4 is 38.9 Å². The van der Waals surface area contributed by atoms with Crippen LogP contribution in [0.5, 0.6) is 0 Å². The van der Waals surface area contributed by atoms with Crippen LogP contribution in [-0.4, -0.2) is 26.6 Å². The fourth-order valence-electron chi connectivity index (χ4n) is 2.49. The van der Waals surface area contributed by atoms with Crippen LogP contribution in [0.3, 0.4) is 0 Å². The third-order valence-electron chi connectivity index (χ3n) is 3.69. The minimum atomic E-state index is -4.73. The van der Waals surface area contributed by atoms with Crippen molar-refractivity contribution in [3.63, 3.8) is 0 Å². The molecule has 0 spiro atoms. The van der Waals surface area contributed by atoms with E-state index in [4.69, 9.17) is 11.6 Å². The fraction of sp³-hybridized carbons (Fsp3) is 0.235. The van der Waals surface area contributed by atoms with Crippen LogP contribution < -0.4 is 9.62 Å². The van der Waals surface area contributed by atoms with Crippen LogP contribution in [0.25, 0.3) is 0 Å². The van der Waals surface area contributed by atoms with Crippen molar-refractivity contribution < 1.29 is 30.8 Å². The number of sulfonamides is 1. The van der Waals surface area contributed by atoms with Crippen LogP contribution in [-0.2, 0) is 21.0 Å². The van der Waals surface area contributed by atoms with Crippen molar-refractivity contribution in [2.45, 2.75) is 19.1 Å². The maximum atomic E-state index is 13.5. The lowest BCUT2D eigenvalue weighted by atomic mass is 10.2. The quantitative estimate of drug-likeness (QED) is 0.708. The standard InChI is InChI=1S/C17H15ClF4N2O3S/c1-10(24(28(2,26)27)13-5-3-4-11(19)8-13)16(25)23-12-6-7-15(18)14(9-12)17(20,21)22/h3-10H,1-2H3,(H,23,25)/t10-/m0/s1. The average Bonchev–Trinajstić information content (AvgIpc) is 2.54. The molecule has 0 fully saturated rings. The molecule has 0 bridgehead atoms. The van der Waals surface area contributed by atoms with Gasteiger partial charge >= 0.3 is 6.18 Å². The van der Waals surface area contributed by atoms with Crippen LogP contribution in [0.1, 0.15) is 12.5 Å². The van der Waals surface area contributed by atoms with Crippen LogP contribution in [0.4, 0.5) is 28.9 Å². The molecule has 0 radical (unpaired) electrons. The predicted molar refractivity (Wildman–Crippen MR) is 98.3 cm³/mol. The number of carbonyl (C=O) groups is 1. The second-order valence-corrected chi connectivity index (χ2v) is 8.16. The number of rotatable bonds is 5. The summed E-state index contributed by atoms with van der Waals surface area (Å²) in [7, 11) is -4.00. The molecular formula is C17H15ClF4N2O3S. The maximum absolute atomic E-state index is 13.5. The summed E-state index contributed by atoms with van der Waals surface area (Å²) in [5.41, 5.74) is -1.47. The van der Waals surface area contributed by atoms with Crippen LogP contribution in [0.15, 0.2) is 42.5 Å². The lowest BCUT2D eigenvalue weighted by Gasteiger charge is -2.28. The van der Waals surface area contributed by atoms with Crippen molar-refractivity contribution in [1.82, 2.24) is 0 Å². The molecule has 1 amide bonds. The van der Waals surface area contributed by atoms with Gasteiger partial charge in [-0.05, 0) is 43.3 Å². The number of benzene rings is 2. The second kappa shape index (κ2) is 7.96. The number of anilines is 2. The normalized spacial score (nSPS) is 13.1. The van der Waals surface area contributed by atoms with Gasteiger partial charge in [-0.15, -0.1) is 0 Å². The molecule has 28 heavy (non-hydrogen) atoms. The van der Waals surface area contributed by atoms with Crippen LogP contribution in [0, 0.1) is 5.82 Å². The van der Waals surface area contributed by atoms with Gasteiger partial charge in [0.2, 0.25) is 15.9 Å². The Morgan fingerprint density at radius 3 is 2.36 bits per heavy atom. The summed E-state index contributed by atoms with van der Waals surface area (Å²) in [6.45, 7) is 1.22. The van der Waals surface area contributed by atoms with E-state index in [-0.39, 0.29) is 11.4 Å². The zero-order valence-electron chi connectivity index (χ0n) is 14.6. The number of halogens is 5. The van der Waals surface area contributed by atoms with E-state index in [0.717, 1.165) is 30.5 Å². The van der Waals surface area contributed by atoms with Gasteiger partial charge in [0.15, 0.2) is 0 Å². The molecule has 0 saturated heterocycles. The largest absolute Gasteiger partial charge is 0.417 e. The highest BCUT2D eigenvalue weighted by Crippen LogP contribution is 2.36. The summed E-state index contributed by atoms with van der Waals surface area (Å²) in [6, 6.07) is 5.96. The molecule has 0 unspecified atom stereocenters. The molecule has 1 atom stereocenters. The second-order valence-electron chi connectivity index (χ2n) is 5.90.